The Labute approximate surface area is 192 Å². The number of aromatic nitrogens is 1. The molecule has 0 saturated carbocycles. The number of carbonyl (C=O) groups excluding carboxylic acids is 2. The van der Waals surface area contributed by atoms with Gasteiger partial charge in [0.25, 0.3) is 5.91 Å². The fourth-order valence-corrected chi connectivity index (χ4v) is 5.18. The molecule has 8 heteroatoms. The molecule has 0 radical (unpaired) electrons. The second-order valence-electron chi connectivity index (χ2n) is 7.44. The second kappa shape index (κ2) is 9.97. The van der Waals surface area contributed by atoms with Gasteiger partial charge in [0.2, 0.25) is 5.78 Å². The Balaban J connectivity index is 2.04. The molecule has 0 aliphatic carbocycles. The topological polar surface area (TPSA) is 73.7 Å². The van der Waals surface area contributed by atoms with Gasteiger partial charge in [0, 0.05) is 18.0 Å². The van der Waals surface area contributed by atoms with E-state index < -0.39 is 17.7 Å². The van der Waals surface area contributed by atoms with E-state index in [-0.39, 0.29) is 11.4 Å². The first-order chi connectivity index (χ1) is 14.8. The van der Waals surface area contributed by atoms with Crippen LogP contribution in [-0.2, 0) is 4.79 Å². The molecule has 1 aromatic heterocycles. The van der Waals surface area contributed by atoms with E-state index in [0.717, 1.165) is 28.6 Å². The number of carbonyl (C=O) groups is 2. The zero-order valence-electron chi connectivity index (χ0n) is 18.6. The molecular formula is C23H29N3O3S2. The molecule has 1 unspecified atom stereocenters. The van der Waals surface area contributed by atoms with Crippen LogP contribution in [0.25, 0.3) is 0 Å². The minimum absolute atomic E-state index is 0.146. The first-order valence-electron chi connectivity index (χ1n) is 10.4. The molecule has 0 spiro atoms. The van der Waals surface area contributed by atoms with Crippen LogP contribution in [0.2, 0.25) is 0 Å². The molecule has 166 valence electrons. The summed E-state index contributed by atoms with van der Waals surface area (Å²) in [4.78, 5) is 36.3. The molecule has 6 nitrogen and oxygen atoms in total. The lowest BCUT2D eigenvalue weighted by molar-refractivity contribution is -0.129. The quantitative estimate of drug-likeness (QED) is 0.443. The van der Waals surface area contributed by atoms with Crippen LogP contribution in [0.4, 0.5) is 0 Å². The fraction of sp³-hybridized carbons (Fsp3) is 0.435. The molecule has 1 aliphatic heterocycles. The number of hydrogen-bond donors (Lipinski definition) is 1. The number of aliphatic hydroxyl groups is 1. The summed E-state index contributed by atoms with van der Waals surface area (Å²) >= 11 is 2.92. The van der Waals surface area contributed by atoms with Crippen molar-refractivity contribution in [3.05, 3.63) is 56.7 Å². The maximum atomic E-state index is 13.5. The summed E-state index contributed by atoms with van der Waals surface area (Å²) in [5.74, 6) is -1.26. The third-order valence-corrected chi connectivity index (χ3v) is 7.46. The van der Waals surface area contributed by atoms with Crippen LogP contribution >= 0.6 is 23.1 Å². The maximum absolute atomic E-state index is 13.5. The summed E-state index contributed by atoms with van der Waals surface area (Å²) in [5, 5.41) is 11.6. The number of nitrogens with zero attached hydrogens (tertiary/aromatic N) is 3. The molecule has 3 rings (SSSR count). The smallest absolute Gasteiger partial charge is 0.290 e. The number of rotatable bonds is 9. The fourth-order valence-electron chi connectivity index (χ4n) is 3.90. The first kappa shape index (κ1) is 23.5. The number of thiazole rings is 1. The van der Waals surface area contributed by atoms with Crippen molar-refractivity contribution in [2.45, 2.75) is 38.6 Å². The van der Waals surface area contributed by atoms with Gasteiger partial charge in [-0.3, -0.25) is 9.59 Å². The molecule has 1 amide bonds. The van der Waals surface area contributed by atoms with Gasteiger partial charge in [0.05, 0.1) is 27.2 Å². The SMILES string of the molecule is CCN(CC)CCN1C(=O)C(O)=C(C(=O)c2sc(C)nc2C)C1c1ccc(SC)cc1. The highest BCUT2D eigenvalue weighted by molar-refractivity contribution is 7.98. The molecule has 1 aliphatic rings. The van der Waals surface area contributed by atoms with E-state index in [1.54, 1.807) is 23.6 Å². The summed E-state index contributed by atoms with van der Waals surface area (Å²) in [6.45, 7) is 10.6. The molecule has 0 bridgehead atoms. The monoisotopic (exact) mass is 459 g/mol. The van der Waals surface area contributed by atoms with Crippen molar-refractivity contribution >= 4 is 34.8 Å². The molecule has 0 fully saturated rings. The van der Waals surface area contributed by atoms with Crippen LogP contribution in [0.3, 0.4) is 0 Å². The van der Waals surface area contributed by atoms with E-state index in [0.29, 0.717) is 23.7 Å². The lowest BCUT2D eigenvalue weighted by atomic mass is 9.95. The highest BCUT2D eigenvalue weighted by atomic mass is 32.2. The Bertz CT molecular complexity index is 994. The van der Waals surface area contributed by atoms with Crippen LogP contribution in [0.15, 0.2) is 40.5 Å². The van der Waals surface area contributed by atoms with Crippen molar-refractivity contribution in [1.29, 1.82) is 0 Å². The van der Waals surface area contributed by atoms with E-state index >= 15 is 0 Å². The lowest BCUT2D eigenvalue weighted by Crippen LogP contribution is -2.38. The zero-order valence-corrected chi connectivity index (χ0v) is 20.3. The van der Waals surface area contributed by atoms with Gasteiger partial charge in [-0.1, -0.05) is 26.0 Å². The second-order valence-corrected chi connectivity index (χ2v) is 9.52. The number of aryl methyl sites for hydroxylation is 2. The summed E-state index contributed by atoms with van der Waals surface area (Å²) in [6, 6.07) is 7.21. The normalized spacial score (nSPS) is 16.6. The largest absolute Gasteiger partial charge is 0.503 e. The standard InChI is InChI=1S/C23H29N3O3S2/c1-6-25(7-2)12-13-26-19(16-8-10-17(30-5)11-9-16)18(21(28)23(26)29)20(27)22-14(3)24-15(4)31-22/h8-11,19,28H,6-7,12-13H2,1-5H3. The molecule has 0 saturated heterocycles. The van der Waals surface area contributed by atoms with Gasteiger partial charge in [-0.15, -0.1) is 23.1 Å². The average Bonchev–Trinajstić information content (AvgIpc) is 3.24. The number of benzene rings is 1. The van der Waals surface area contributed by atoms with E-state index in [1.165, 1.54) is 11.3 Å². The Morgan fingerprint density at radius 3 is 2.39 bits per heavy atom. The highest BCUT2D eigenvalue weighted by Crippen LogP contribution is 2.40. The van der Waals surface area contributed by atoms with Crippen molar-refractivity contribution < 1.29 is 14.7 Å². The van der Waals surface area contributed by atoms with Crippen molar-refractivity contribution in [2.24, 2.45) is 0 Å². The van der Waals surface area contributed by atoms with Crippen molar-refractivity contribution in [3.8, 4) is 0 Å². The minimum atomic E-state index is -0.617. The Kier molecular flexibility index (Phi) is 7.56. The van der Waals surface area contributed by atoms with E-state index in [9.17, 15) is 14.7 Å². The van der Waals surface area contributed by atoms with Crippen LogP contribution in [-0.4, -0.2) is 64.0 Å². The number of ketones is 1. The van der Waals surface area contributed by atoms with Crippen LogP contribution in [0.5, 0.6) is 0 Å². The number of aliphatic hydroxyl groups excluding tert-OH is 1. The summed E-state index contributed by atoms with van der Waals surface area (Å²) in [5.41, 5.74) is 1.59. The minimum Gasteiger partial charge on any atom is -0.503 e. The molecule has 1 aromatic carbocycles. The maximum Gasteiger partial charge on any atom is 0.290 e. The van der Waals surface area contributed by atoms with Gasteiger partial charge in [0.1, 0.15) is 0 Å². The third-order valence-electron chi connectivity index (χ3n) is 5.64. The van der Waals surface area contributed by atoms with Gasteiger partial charge in [-0.05, 0) is 50.9 Å². The van der Waals surface area contributed by atoms with Crippen LogP contribution < -0.4 is 0 Å². The van der Waals surface area contributed by atoms with Gasteiger partial charge < -0.3 is 14.9 Å². The summed E-state index contributed by atoms with van der Waals surface area (Å²) in [6.07, 6.45) is 2.00. The Morgan fingerprint density at radius 1 is 1.23 bits per heavy atom. The number of thioether (sulfide) groups is 1. The molecule has 2 heterocycles. The third kappa shape index (κ3) is 4.71. The summed E-state index contributed by atoms with van der Waals surface area (Å²) in [7, 11) is 0. The molecule has 31 heavy (non-hydrogen) atoms. The zero-order chi connectivity index (χ0) is 22.7. The van der Waals surface area contributed by atoms with E-state index in [1.807, 2.05) is 37.4 Å². The number of hydrogen-bond acceptors (Lipinski definition) is 7. The predicted molar refractivity (Wildman–Crippen MR) is 126 cm³/mol. The van der Waals surface area contributed by atoms with Crippen LogP contribution in [0, 0.1) is 13.8 Å². The van der Waals surface area contributed by atoms with Gasteiger partial charge >= 0.3 is 0 Å². The Morgan fingerprint density at radius 2 is 1.87 bits per heavy atom. The number of likely N-dealkylation sites (N-methyl/N-ethyl adjacent to an activating group) is 1. The molecular weight excluding hydrogens is 430 g/mol. The van der Waals surface area contributed by atoms with Crippen LogP contribution in [0.1, 0.15) is 45.8 Å². The Hall–Kier alpha value is -2.16. The number of Topliss-reactive ketones (excluding diaryl/α,β-unsaturated/α-hetero) is 1. The van der Waals surface area contributed by atoms with E-state index in [4.69, 9.17) is 0 Å². The lowest BCUT2D eigenvalue weighted by Gasteiger charge is -2.29. The van der Waals surface area contributed by atoms with Gasteiger partial charge in [-0.2, -0.15) is 0 Å². The molecule has 1 atom stereocenters. The average molecular weight is 460 g/mol. The number of amides is 1. The van der Waals surface area contributed by atoms with Crippen molar-refractivity contribution in [3.63, 3.8) is 0 Å². The van der Waals surface area contributed by atoms with Crippen molar-refractivity contribution in [1.82, 2.24) is 14.8 Å². The van der Waals surface area contributed by atoms with Crippen molar-refractivity contribution in [2.75, 3.05) is 32.4 Å². The highest BCUT2D eigenvalue weighted by Gasteiger charge is 2.44. The predicted octanol–water partition coefficient (Wildman–Crippen LogP) is 4.40. The van der Waals surface area contributed by atoms with Gasteiger partial charge in [0.15, 0.2) is 5.76 Å². The first-order valence-corrected chi connectivity index (χ1v) is 12.5. The molecule has 1 N–H and O–H groups in total. The summed E-state index contributed by atoms with van der Waals surface area (Å²) < 4.78 is 0. The molecule has 2 aromatic rings. The van der Waals surface area contributed by atoms with E-state index in [2.05, 4.69) is 23.7 Å². The van der Waals surface area contributed by atoms with Gasteiger partial charge in [-0.25, -0.2) is 4.98 Å².